The molecule has 150 valence electrons. The number of carboxylic acid groups (broad SMARTS) is 1. The highest BCUT2D eigenvalue weighted by atomic mass is 16.4. The van der Waals surface area contributed by atoms with Crippen molar-refractivity contribution in [2.24, 2.45) is 5.73 Å². The summed E-state index contributed by atoms with van der Waals surface area (Å²) in [6, 6.07) is -3.91. The number of aliphatic hydroxyl groups is 2. The van der Waals surface area contributed by atoms with E-state index in [0.29, 0.717) is 5.69 Å². The van der Waals surface area contributed by atoms with E-state index in [4.69, 9.17) is 10.8 Å². The second-order valence-corrected chi connectivity index (χ2v) is 5.49. The smallest absolute Gasteiger partial charge is 0.322 e. The van der Waals surface area contributed by atoms with Gasteiger partial charge in [0.15, 0.2) is 0 Å². The molecule has 1 heterocycles. The quantitative estimate of drug-likeness (QED) is 0.183. The van der Waals surface area contributed by atoms with Crippen molar-refractivity contribution >= 4 is 23.7 Å². The van der Waals surface area contributed by atoms with Gasteiger partial charge in [-0.25, -0.2) is 4.98 Å². The number of nitrogens with zero attached hydrogens (tertiary/aromatic N) is 1. The first-order chi connectivity index (χ1) is 12.8. The van der Waals surface area contributed by atoms with Gasteiger partial charge in [0.2, 0.25) is 17.7 Å². The van der Waals surface area contributed by atoms with Gasteiger partial charge in [-0.1, -0.05) is 0 Å². The van der Waals surface area contributed by atoms with E-state index in [1.54, 1.807) is 0 Å². The minimum atomic E-state index is -1.46. The molecule has 27 heavy (non-hydrogen) atoms. The Labute approximate surface area is 153 Å². The van der Waals surface area contributed by atoms with Crippen molar-refractivity contribution in [3.8, 4) is 0 Å². The van der Waals surface area contributed by atoms with E-state index in [2.05, 4.69) is 20.6 Å². The number of aliphatic carboxylic acids is 1. The average molecular weight is 386 g/mol. The zero-order valence-corrected chi connectivity index (χ0v) is 14.2. The molecule has 0 aliphatic heterocycles. The first-order valence-corrected chi connectivity index (χ1v) is 7.83. The second-order valence-electron chi connectivity index (χ2n) is 5.49. The highest BCUT2D eigenvalue weighted by Gasteiger charge is 2.27. The van der Waals surface area contributed by atoms with E-state index in [1.807, 2.05) is 5.32 Å². The van der Waals surface area contributed by atoms with Crippen LogP contribution in [0.3, 0.4) is 0 Å². The largest absolute Gasteiger partial charge is 0.480 e. The Kier molecular flexibility index (Phi) is 8.84. The van der Waals surface area contributed by atoms with Crippen LogP contribution in [0.4, 0.5) is 0 Å². The van der Waals surface area contributed by atoms with Crippen LogP contribution in [0.2, 0.25) is 0 Å². The summed E-state index contributed by atoms with van der Waals surface area (Å²) in [6.07, 6.45) is 3.00. The molecule has 3 unspecified atom stereocenters. The molecule has 0 aliphatic carbocycles. The molecule has 9 N–H and O–H groups in total. The van der Waals surface area contributed by atoms with Gasteiger partial charge in [0.05, 0.1) is 25.6 Å². The van der Waals surface area contributed by atoms with Gasteiger partial charge in [-0.05, 0) is 0 Å². The maximum absolute atomic E-state index is 12.1. The number of aromatic amines is 1. The summed E-state index contributed by atoms with van der Waals surface area (Å²) in [7, 11) is 0. The summed E-state index contributed by atoms with van der Waals surface area (Å²) >= 11 is 0. The number of hydrogen-bond acceptors (Lipinski definition) is 8. The molecule has 1 aromatic rings. The standard InChI is InChI=1S/C14H22N6O7/c15-8(1-7-2-16-6-18-7)12(25)19-10(5-22)14(27)20-9(4-21)13(26)17-3-11(23)24/h2,6,8-10,21-22H,1,3-5,15H2,(H,16,18)(H,17,26)(H,19,25)(H,20,27)(H,23,24). The first kappa shape index (κ1) is 22.0. The number of nitrogens with two attached hydrogens (primary N) is 1. The van der Waals surface area contributed by atoms with Crippen LogP contribution in [0.25, 0.3) is 0 Å². The monoisotopic (exact) mass is 386 g/mol. The zero-order chi connectivity index (χ0) is 20.4. The molecule has 0 fully saturated rings. The lowest BCUT2D eigenvalue weighted by molar-refractivity contribution is -0.139. The third-order valence-corrected chi connectivity index (χ3v) is 3.38. The molecular weight excluding hydrogens is 364 g/mol. The molecule has 0 saturated carbocycles. The van der Waals surface area contributed by atoms with Gasteiger partial charge in [-0.15, -0.1) is 0 Å². The fourth-order valence-electron chi connectivity index (χ4n) is 1.95. The lowest BCUT2D eigenvalue weighted by Crippen LogP contribution is -2.58. The molecule has 0 radical (unpaired) electrons. The van der Waals surface area contributed by atoms with Crippen LogP contribution in [0.5, 0.6) is 0 Å². The van der Waals surface area contributed by atoms with E-state index in [0.717, 1.165) is 0 Å². The Hall–Kier alpha value is -3.03. The highest BCUT2D eigenvalue weighted by molar-refractivity contribution is 5.93. The number of H-pyrrole nitrogens is 1. The van der Waals surface area contributed by atoms with Crippen LogP contribution >= 0.6 is 0 Å². The summed E-state index contributed by atoms with van der Waals surface area (Å²) in [5.41, 5.74) is 6.32. The predicted octanol–water partition coefficient (Wildman–Crippen LogP) is -4.57. The fourth-order valence-corrected chi connectivity index (χ4v) is 1.95. The molecule has 1 rings (SSSR count). The van der Waals surface area contributed by atoms with E-state index >= 15 is 0 Å². The molecule has 0 saturated heterocycles. The maximum Gasteiger partial charge on any atom is 0.322 e. The van der Waals surface area contributed by atoms with Crippen molar-refractivity contribution in [1.29, 1.82) is 0 Å². The van der Waals surface area contributed by atoms with E-state index in [-0.39, 0.29) is 6.42 Å². The Morgan fingerprint density at radius 1 is 1.07 bits per heavy atom. The van der Waals surface area contributed by atoms with Crippen LogP contribution in [0.1, 0.15) is 5.69 Å². The van der Waals surface area contributed by atoms with E-state index in [9.17, 15) is 29.4 Å². The van der Waals surface area contributed by atoms with Gasteiger partial charge in [-0.2, -0.15) is 0 Å². The van der Waals surface area contributed by atoms with Gasteiger partial charge in [-0.3, -0.25) is 19.2 Å². The molecule has 13 heteroatoms. The highest BCUT2D eigenvalue weighted by Crippen LogP contribution is 1.97. The Morgan fingerprint density at radius 2 is 1.67 bits per heavy atom. The van der Waals surface area contributed by atoms with Gasteiger partial charge >= 0.3 is 5.97 Å². The van der Waals surface area contributed by atoms with Crippen molar-refractivity contribution in [1.82, 2.24) is 25.9 Å². The van der Waals surface area contributed by atoms with Crippen molar-refractivity contribution < 1.29 is 34.5 Å². The number of carbonyl (C=O) groups excluding carboxylic acids is 3. The van der Waals surface area contributed by atoms with Gasteiger partial charge in [0.1, 0.15) is 18.6 Å². The number of aromatic nitrogens is 2. The van der Waals surface area contributed by atoms with Gasteiger partial charge in [0, 0.05) is 18.3 Å². The van der Waals surface area contributed by atoms with Gasteiger partial charge in [0.25, 0.3) is 0 Å². The van der Waals surface area contributed by atoms with Gasteiger partial charge < -0.3 is 42.0 Å². The SMILES string of the molecule is NC(Cc1cnc[nH]1)C(=O)NC(CO)C(=O)NC(CO)C(=O)NCC(=O)O. The summed E-state index contributed by atoms with van der Waals surface area (Å²) in [5, 5.41) is 33.3. The zero-order valence-electron chi connectivity index (χ0n) is 14.2. The Bertz CT molecular complexity index is 650. The molecule has 3 atom stereocenters. The average Bonchev–Trinajstić information content (AvgIpc) is 3.14. The van der Waals surface area contributed by atoms with Crippen LogP contribution in [-0.2, 0) is 25.6 Å². The lowest BCUT2D eigenvalue weighted by Gasteiger charge is -2.21. The minimum absolute atomic E-state index is 0.114. The first-order valence-electron chi connectivity index (χ1n) is 7.83. The molecule has 3 amide bonds. The number of imidazole rings is 1. The molecule has 0 spiro atoms. The summed E-state index contributed by atoms with van der Waals surface area (Å²) in [5.74, 6) is -3.93. The topological polar surface area (TPSA) is 220 Å². The van der Waals surface area contributed by atoms with Crippen molar-refractivity contribution in [2.45, 2.75) is 24.5 Å². The third kappa shape index (κ3) is 7.39. The summed E-state index contributed by atoms with van der Waals surface area (Å²) < 4.78 is 0. The number of hydrogen-bond donors (Lipinski definition) is 8. The van der Waals surface area contributed by atoms with E-state index < -0.39 is 61.6 Å². The maximum atomic E-state index is 12.1. The minimum Gasteiger partial charge on any atom is -0.480 e. The van der Waals surface area contributed by atoms with Crippen molar-refractivity contribution in [3.05, 3.63) is 18.2 Å². The van der Waals surface area contributed by atoms with E-state index in [1.165, 1.54) is 12.5 Å². The second kappa shape index (κ2) is 10.8. The van der Waals surface area contributed by atoms with Crippen molar-refractivity contribution in [2.75, 3.05) is 19.8 Å². The van der Waals surface area contributed by atoms with Crippen LogP contribution < -0.4 is 21.7 Å². The number of aliphatic hydroxyl groups excluding tert-OH is 2. The van der Waals surface area contributed by atoms with Crippen LogP contribution in [-0.4, -0.2) is 86.9 Å². The number of rotatable bonds is 11. The predicted molar refractivity (Wildman–Crippen MR) is 88.9 cm³/mol. The van der Waals surface area contributed by atoms with Crippen LogP contribution in [0.15, 0.2) is 12.5 Å². The molecule has 13 nitrogen and oxygen atoms in total. The molecule has 0 aromatic carbocycles. The third-order valence-electron chi connectivity index (χ3n) is 3.38. The Balaban J connectivity index is 2.59. The van der Waals surface area contributed by atoms with Crippen LogP contribution in [0, 0.1) is 0 Å². The summed E-state index contributed by atoms with van der Waals surface area (Å²) in [4.78, 5) is 52.8. The molecule has 1 aromatic heterocycles. The number of carboxylic acids is 1. The lowest BCUT2D eigenvalue weighted by atomic mass is 10.1. The Morgan fingerprint density at radius 3 is 2.19 bits per heavy atom. The molecule has 0 bridgehead atoms. The fraction of sp³-hybridized carbons (Fsp3) is 0.500. The number of nitrogens with one attached hydrogen (secondary N) is 4. The molecule has 0 aliphatic rings. The number of carbonyl (C=O) groups is 4. The molecular formula is C14H22N6O7. The normalized spacial score (nSPS) is 13.9. The number of amides is 3. The van der Waals surface area contributed by atoms with Crippen molar-refractivity contribution in [3.63, 3.8) is 0 Å². The summed E-state index contributed by atoms with van der Waals surface area (Å²) in [6.45, 7) is -2.31.